The molecular weight excluding hydrogens is 378 g/mol. The number of imide groups is 1. The predicted octanol–water partition coefficient (Wildman–Crippen LogP) is 3.70. The molecule has 0 unspecified atom stereocenters. The third-order valence-corrected chi connectivity index (χ3v) is 6.11. The van der Waals surface area contributed by atoms with Crippen molar-refractivity contribution in [3.63, 3.8) is 0 Å². The largest absolute Gasteiger partial charge is 0.325 e. The van der Waals surface area contributed by atoms with Crippen molar-refractivity contribution in [1.82, 2.24) is 10.2 Å². The lowest BCUT2D eigenvalue weighted by Gasteiger charge is -2.23. The Morgan fingerprint density at radius 3 is 2.63 bits per heavy atom. The van der Waals surface area contributed by atoms with Crippen LogP contribution in [-0.4, -0.2) is 29.3 Å². The van der Waals surface area contributed by atoms with Crippen molar-refractivity contribution in [3.8, 4) is 0 Å². The summed E-state index contributed by atoms with van der Waals surface area (Å²) in [5, 5.41) is 5.64. The van der Waals surface area contributed by atoms with Gasteiger partial charge in [-0.25, -0.2) is 4.79 Å². The number of nitrogens with one attached hydrogen (secondary N) is 2. The van der Waals surface area contributed by atoms with Gasteiger partial charge < -0.3 is 10.6 Å². The number of aryl methyl sites for hydroxylation is 2. The summed E-state index contributed by atoms with van der Waals surface area (Å²) in [6, 6.07) is 13.0. The summed E-state index contributed by atoms with van der Waals surface area (Å²) in [6.07, 6.45) is 3.15. The van der Waals surface area contributed by atoms with Gasteiger partial charge in [0.25, 0.3) is 5.91 Å². The van der Waals surface area contributed by atoms with Crippen LogP contribution in [0.2, 0.25) is 0 Å². The van der Waals surface area contributed by atoms with Crippen molar-refractivity contribution in [2.24, 2.45) is 0 Å². The number of carbonyl (C=O) groups excluding carboxylic acids is 3. The monoisotopic (exact) mass is 405 g/mol. The number of anilines is 1. The van der Waals surface area contributed by atoms with E-state index in [0.29, 0.717) is 5.69 Å². The SMILES string of the molecule is CC(C)c1ccccc1NC(=O)CN1C(=O)N[C@](C)(c2ccc3c(c2)CCC3)C1=O. The number of nitrogens with zero attached hydrogens (tertiary/aromatic N) is 1. The molecule has 2 aromatic rings. The highest BCUT2D eigenvalue weighted by Crippen LogP contribution is 2.32. The van der Waals surface area contributed by atoms with Crippen LogP contribution in [0.25, 0.3) is 0 Å². The van der Waals surface area contributed by atoms with E-state index in [-0.39, 0.29) is 12.5 Å². The van der Waals surface area contributed by atoms with Crippen molar-refractivity contribution < 1.29 is 14.4 Å². The Kier molecular flexibility index (Phi) is 5.10. The number of hydrogen-bond donors (Lipinski definition) is 2. The maximum atomic E-state index is 13.2. The minimum Gasteiger partial charge on any atom is -0.324 e. The van der Waals surface area contributed by atoms with Crippen molar-refractivity contribution in [1.29, 1.82) is 0 Å². The summed E-state index contributed by atoms with van der Waals surface area (Å²) in [6.45, 7) is 5.47. The van der Waals surface area contributed by atoms with Crippen LogP contribution in [0.4, 0.5) is 10.5 Å². The van der Waals surface area contributed by atoms with E-state index in [1.54, 1.807) is 6.92 Å². The molecule has 0 spiro atoms. The van der Waals surface area contributed by atoms with E-state index in [1.807, 2.05) is 56.3 Å². The summed E-state index contributed by atoms with van der Waals surface area (Å²) in [7, 11) is 0. The lowest BCUT2D eigenvalue weighted by atomic mass is 9.89. The zero-order valence-electron chi connectivity index (χ0n) is 17.6. The smallest absolute Gasteiger partial charge is 0.324 e. The van der Waals surface area contributed by atoms with Crippen molar-refractivity contribution in [2.75, 3.05) is 11.9 Å². The Balaban J connectivity index is 1.51. The summed E-state index contributed by atoms with van der Waals surface area (Å²) in [5.74, 6) is -0.566. The molecule has 0 aromatic heterocycles. The van der Waals surface area contributed by atoms with Gasteiger partial charge in [0.15, 0.2) is 0 Å². The number of carbonyl (C=O) groups is 3. The second-order valence-electron chi connectivity index (χ2n) is 8.57. The molecule has 4 rings (SSSR count). The fraction of sp³-hybridized carbons (Fsp3) is 0.375. The maximum absolute atomic E-state index is 13.2. The highest BCUT2D eigenvalue weighted by atomic mass is 16.2. The van der Waals surface area contributed by atoms with Crippen LogP contribution in [0.3, 0.4) is 0 Å². The molecule has 2 aliphatic rings. The van der Waals surface area contributed by atoms with E-state index in [0.717, 1.165) is 35.3 Å². The van der Waals surface area contributed by atoms with Gasteiger partial charge in [-0.05, 0) is 60.4 Å². The number of amides is 4. The molecule has 0 radical (unpaired) electrons. The molecule has 1 aliphatic carbocycles. The van der Waals surface area contributed by atoms with Crippen LogP contribution in [0.1, 0.15) is 55.4 Å². The number of benzene rings is 2. The van der Waals surface area contributed by atoms with E-state index >= 15 is 0 Å². The van der Waals surface area contributed by atoms with E-state index in [4.69, 9.17) is 0 Å². The number of hydrogen-bond acceptors (Lipinski definition) is 3. The first-order chi connectivity index (χ1) is 14.3. The van der Waals surface area contributed by atoms with Gasteiger partial charge in [0.05, 0.1) is 0 Å². The van der Waals surface area contributed by atoms with Crippen LogP contribution < -0.4 is 10.6 Å². The van der Waals surface area contributed by atoms with Gasteiger partial charge >= 0.3 is 6.03 Å². The van der Waals surface area contributed by atoms with Gasteiger partial charge in [0, 0.05) is 5.69 Å². The molecule has 1 fully saturated rings. The van der Waals surface area contributed by atoms with Gasteiger partial charge in [-0.3, -0.25) is 14.5 Å². The standard InChI is InChI=1S/C24H27N3O3/c1-15(2)19-9-4-5-10-20(19)25-21(28)14-27-22(29)24(3,26-23(27)30)18-12-11-16-7-6-8-17(16)13-18/h4-5,9-13,15H,6-8,14H2,1-3H3,(H,25,28)(H,26,30)/t24-/m1/s1. The van der Waals surface area contributed by atoms with Crippen LogP contribution >= 0.6 is 0 Å². The second kappa shape index (κ2) is 7.59. The summed E-state index contributed by atoms with van der Waals surface area (Å²) in [4.78, 5) is 39.4. The topological polar surface area (TPSA) is 78.5 Å². The first-order valence-electron chi connectivity index (χ1n) is 10.4. The first-order valence-corrected chi connectivity index (χ1v) is 10.4. The van der Waals surface area contributed by atoms with Crippen molar-refractivity contribution >= 4 is 23.5 Å². The fourth-order valence-electron chi connectivity index (χ4n) is 4.37. The van der Waals surface area contributed by atoms with Crippen LogP contribution in [-0.2, 0) is 28.0 Å². The molecule has 30 heavy (non-hydrogen) atoms. The second-order valence-corrected chi connectivity index (χ2v) is 8.57. The molecule has 0 bridgehead atoms. The average Bonchev–Trinajstić information content (AvgIpc) is 3.26. The zero-order chi connectivity index (χ0) is 21.5. The molecular formula is C24H27N3O3. The van der Waals surface area contributed by atoms with E-state index in [1.165, 1.54) is 11.1 Å². The average molecular weight is 405 g/mol. The van der Waals surface area contributed by atoms with Gasteiger partial charge in [-0.15, -0.1) is 0 Å². The van der Waals surface area contributed by atoms with Crippen molar-refractivity contribution in [2.45, 2.75) is 51.5 Å². The molecule has 1 atom stereocenters. The summed E-state index contributed by atoms with van der Waals surface area (Å²) < 4.78 is 0. The van der Waals surface area contributed by atoms with Crippen LogP contribution in [0, 0.1) is 0 Å². The molecule has 6 nitrogen and oxygen atoms in total. The third kappa shape index (κ3) is 3.47. The van der Waals surface area contributed by atoms with Gasteiger partial charge in [-0.2, -0.15) is 0 Å². The Hall–Kier alpha value is -3.15. The molecule has 2 N–H and O–H groups in total. The van der Waals surface area contributed by atoms with E-state index in [2.05, 4.69) is 10.6 Å². The number of urea groups is 1. The lowest BCUT2D eigenvalue weighted by molar-refractivity contribution is -0.133. The molecule has 156 valence electrons. The van der Waals surface area contributed by atoms with Crippen LogP contribution in [0.5, 0.6) is 0 Å². The van der Waals surface area contributed by atoms with Crippen molar-refractivity contribution in [3.05, 3.63) is 64.7 Å². The molecule has 4 amide bonds. The molecule has 6 heteroatoms. The van der Waals surface area contributed by atoms with Gasteiger partial charge in [0.1, 0.15) is 12.1 Å². The highest BCUT2D eigenvalue weighted by molar-refractivity contribution is 6.10. The Labute approximate surface area is 176 Å². The van der Waals surface area contributed by atoms with E-state index in [9.17, 15) is 14.4 Å². The molecule has 1 saturated heterocycles. The quantitative estimate of drug-likeness (QED) is 0.745. The lowest BCUT2D eigenvalue weighted by Crippen LogP contribution is -2.42. The molecule has 1 heterocycles. The van der Waals surface area contributed by atoms with Gasteiger partial charge in [0.2, 0.25) is 5.91 Å². The summed E-state index contributed by atoms with van der Waals surface area (Å²) >= 11 is 0. The molecule has 2 aromatic carbocycles. The fourth-order valence-corrected chi connectivity index (χ4v) is 4.37. The summed E-state index contributed by atoms with van der Waals surface area (Å²) in [5.41, 5.74) is 3.84. The number of fused-ring (bicyclic) bond motifs is 1. The van der Waals surface area contributed by atoms with Crippen LogP contribution in [0.15, 0.2) is 42.5 Å². The minimum absolute atomic E-state index is 0.237. The van der Waals surface area contributed by atoms with E-state index < -0.39 is 23.4 Å². The van der Waals surface area contributed by atoms with Gasteiger partial charge in [-0.1, -0.05) is 50.2 Å². The Morgan fingerprint density at radius 2 is 1.87 bits per heavy atom. The minimum atomic E-state index is -1.16. The number of rotatable bonds is 5. The Bertz CT molecular complexity index is 1030. The highest BCUT2D eigenvalue weighted by Gasteiger charge is 2.49. The number of para-hydroxylation sites is 1. The first kappa shape index (κ1) is 20.1. The third-order valence-electron chi connectivity index (χ3n) is 6.11. The zero-order valence-corrected chi connectivity index (χ0v) is 17.6. The molecule has 0 saturated carbocycles. The maximum Gasteiger partial charge on any atom is 0.325 e. The normalized spacial score (nSPS) is 20.5. The Morgan fingerprint density at radius 1 is 1.13 bits per heavy atom. The molecule has 1 aliphatic heterocycles. The predicted molar refractivity (Wildman–Crippen MR) is 115 cm³/mol.